The molecule has 4 rings (SSSR count). The van der Waals surface area contributed by atoms with Gasteiger partial charge in [-0.3, -0.25) is 9.59 Å². The van der Waals surface area contributed by atoms with Gasteiger partial charge in [-0.2, -0.15) is 0 Å². The number of nitrogens with zero attached hydrogens (tertiary/aromatic N) is 1. The van der Waals surface area contributed by atoms with Crippen molar-refractivity contribution >= 4 is 39.3 Å². The third-order valence-corrected chi connectivity index (χ3v) is 7.10. The molecule has 0 bridgehead atoms. The Morgan fingerprint density at radius 1 is 0.972 bits per heavy atom. The normalized spacial score (nSPS) is 14.3. The van der Waals surface area contributed by atoms with Crippen molar-refractivity contribution in [1.29, 1.82) is 0 Å². The van der Waals surface area contributed by atoms with Crippen molar-refractivity contribution in [3.8, 4) is 5.75 Å². The molecule has 36 heavy (non-hydrogen) atoms. The predicted octanol–water partition coefficient (Wildman–Crippen LogP) is 6.18. The van der Waals surface area contributed by atoms with Gasteiger partial charge in [-0.05, 0) is 54.3 Å². The SMILES string of the molecule is O=C(NC1CCCC1)[C@H](Cc1ccccc1)N(Cc1cccc(Br)c1)C(=O)COc1cccc(Cl)c1. The number of amides is 2. The largest absolute Gasteiger partial charge is 0.484 e. The second kappa shape index (κ2) is 12.9. The minimum Gasteiger partial charge on any atom is -0.484 e. The topological polar surface area (TPSA) is 58.6 Å². The van der Waals surface area contributed by atoms with Gasteiger partial charge in [0.15, 0.2) is 6.61 Å². The average Bonchev–Trinajstić information content (AvgIpc) is 3.38. The highest BCUT2D eigenvalue weighted by Gasteiger charge is 2.32. The molecule has 1 fully saturated rings. The molecule has 1 atom stereocenters. The molecule has 3 aromatic rings. The smallest absolute Gasteiger partial charge is 0.261 e. The highest BCUT2D eigenvalue weighted by Crippen LogP contribution is 2.22. The van der Waals surface area contributed by atoms with Crippen molar-refractivity contribution in [2.45, 2.75) is 50.7 Å². The molecule has 1 aliphatic carbocycles. The Labute approximate surface area is 225 Å². The van der Waals surface area contributed by atoms with Crippen molar-refractivity contribution in [1.82, 2.24) is 10.2 Å². The fraction of sp³-hybridized carbons (Fsp3) is 0.310. The van der Waals surface area contributed by atoms with E-state index < -0.39 is 6.04 Å². The number of rotatable bonds is 10. The van der Waals surface area contributed by atoms with Crippen LogP contribution in [0.3, 0.4) is 0 Å². The van der Waals surface area contributed by atoms with Gasteiger partial charge in [-0.15, -0.1) is 0 Å². The van der Waals surface area contributed by atoms with Crippen LogP contribution in [-0.2, 0) is 22.6 Å². The number of nitrogens with one attached hydrogen (secondary N) is 1. The first kappa shape index (κ1) is 26.2. The zero-order chi connectivity index (χ0) is 25.3. The summed E-state index contributed by atoms with van der Waals surface area (Å²) in [4.78, 5) is 28.9. The lowest BCUT2D eigenvalue weighted by Crippen LogP contribution is -2.53. The van der Waals surface area contributed by atoms with Crippen molar-refractivity contribution in [3.63, 3.8) is 0 Å². The molecule has 0 aliphatic heterocycles. The summed E-state index contributed by atoms with van der Waals surface area (Å²) in [7, 11) is 0. The third-order valence-electron chi connectivity index (χ3n) is 6.37. The number of carbonyl (C=O) groups is 2. The first-order chi connectivity index (χ1) is 17.5. The van der Waals surface area contributed by atoms with Crippen LogP contribution in [-0.4, -0.2) is 35.4 Å². The maximum Gasteiger partial charge on any atom is 0.261 e. The molecule has 3 aromatic carbocycles. The summed E-state index contributed by atoms with van der Waals surface area (Å²) in [5, 5.41) is 3.74. The summed E-state index contributed by atoms with van der Waals surface area (Å²) in [6.07, 6.45) is 4.59. The van der Waals surface area contributed by atoms with E-state index in [9.17, 15) is 9.59 Å². The molecule has 7 heteroatoms. The second-order valence-corrected chi connectivity index (χ2v) is 10.4. The maximum atomic E-state index is 13.7. The molecule has 0 spiro atoms. The molecule has 0 heterocycles. The third kappa shape index (κ3) is 7.58. The highest BCUT2D eigenvalue weighted by molar-refractivity contribution is 9.10. The molecular weight excluding hydrogens is 540 g/mol. The van der Waals surface area contributed by atoms with Crippen LogP contribution < -0.4 is 10.1 Å². The minimum absolute atomic E-state index is 0.128. The van der Waals surface area contributed by atoms with E-state index in [4.69, 9.17) is 16.3 Å². The lowest BCUT2D eigenvalue weighted by molar-refractivity contribution is -0.143. The molecule has 0 unspecified atom stereocenters. The lowest BCUT2D eigenvalue weighted by atomic mass is 10.0. The first-order valence-corrected chi connectivity index (χ1v) is 13.4. The Bertz CT molecular complexity index is 1170. The summed E-state index contributed by atoms with van der Waals surface area (Å²) in [6.45, 7) is 0.0864. The van der Waals surface area contributed by atoms with E-state index in [1.54, 1.807) is 29.2 Å². The van der Waals surface area contributed by atoms with Crippen LogP contribution in [0.5, 0.6) is 5.75 Å². The summed E-state index contributed by atoms with van der Waals surface area (Å²) >= 11 is 9.59. The van der Waals surface area contributed by atoms with E-state index >= 15 is 0 Å². The Morgan fingerprint density at radius 2 is 1.69 bits per heavy atom. The quantitative estimate of drug-likeness (QED) is 0.317. The van der Waals surface area contributed by atoms with Gasteiger partial charge in [0.2, 0.25) is 5.91 Å². The van der Waals surface area contributed by atoms with Crippen molar-refractivity contribution < 1.29 is 14.3 Å². The van der Waals surface area contributed by atoms with Crippen LogP contribution in [0.25, 0.3) is 0 Å². The Morgan fingerprint density at radius 3 is 2.42 bits per heavy atom. The Hall–Kier alpha value is -2.83. The van der Waals surface area contributed by atoms with Gasteiger partial charge in [-0.1, -0.05) is 88.9 Å². The van der Waals surface area contributed by atoms with Gasteiger partial charge < -0.3 is 15.0 Å². The summed E-state index contributed by atoms with van der Waals surface area (Å²) < 4.78 is 6.70. The average molecular weight is 570 g/mol. The molecule has 0 saturated heterocycles. The first-order valence-electron chi connectivity index (χ1n) is 12.2. The van der Waals surface area contributed by atoms with Crippen molar-refractivity contribution in [2.24, 2.45) is 0 Å². The summed E-state index contributed by atoms with van der Waals surface area (Å²) in [5.74, 6) is 0.114. The van der Waals surface area contributed by atoms with E-state index in [-0.39, 0.29) is 31.0 Å². The van der Waals surface area contributed by atoms with E-state index in [1.165, 1.54) is 0 Å². The van der Waals surface area contributed by atoms with Crippen LogP contribution in [0.1, 0.15) is 36.8 Å². The van der Waals surface area contributed by atoms with Gasteiger partial charge in [0.25, 0.3) is 5.91 Å². The Balaban J connectivity index is 1.61. The number of hydrogen-bond donors (Lipinski definition) is 1. The lowest BCUT2D eigenvalue weighted by Gasteiger charge is -2.32. The molecule has 1 saturated carbocycles. The zero-order valence-electron chi connectivity index (χ0n) is 20.0. The maximum absolute atomic E-state index is 13.7. The van der Waals surface area contributed by atoms with Crippen molar-refractivity contribution in [3.05, 3.63) is 99.5 Å². The van der Waals surface area contributed by atoms with E-state index in [0.29, 0.717) is 17.2 Å². The monoisotopic (exact) mass is 568 g/mol. The van der Waals surface area contributed by atoms with E-state index in [0.717, 1.165) is 41.3 Å². The van der Waals surface area contributed by atoms with Crippen LogP contribution in [0.15, 0.2) is 83.3 Å². The molecular formula is C29H30BrClN2O3. The molecule has 0 radical (unpaired) electrons. The second-order valence-electron chi connectivity index (χ2n) is 9.09. The number of halogens is 2. The summed E-state index contributed by atoms with van der Waals surface area (Å²) in [5.41, 5.74) is 1.92. The van der Waals surface area contributed by atoms with Gasteiger partial charge in [0.1, 0.15) is 11.8 Å². The van der Waals surface area contributed by atoms with E-state index in [2.05, 4.69) is 21.2 Å². The molecule has 1 N–H and O–H groups in total. The van der Waals surface area contributed by atoms with Crippen LogP contribution in [0, 0.1) is 0 Å². The van der Waals surface area contributed by atoms with Crippen LogP contribution >= 0.6 is 27.5 Å². The highest BCUT2D eigenvalue weighted by atomic mass is 79.9. The van der Waals surface area contributed by atoms with Gasteiger partial charge in [0.05, 0.1) is 0 Å². The van der Waals surface area contributed by atoms with Crippen LogP contribution in [0.4, 0.5) is 0 Å². The number of hydrogen-bond acceptors (Lipinski definition) is 3. The fourth-order valence-corrected chi connectivity index (χ4v) is 5.17. The molecule has 1 aliphatic rings. The minimum atomic E-state index is -0.678. The molecule has 2 amide bonds. The predicted molar refractivity (Wildman–Crippen MR) is 146 cm³/mol. The zero-order valence-corrected chi connectivity index (χ0v) is 22.4. The fourth-order valence-electron chi connectivity index (χ4n) is 4.54. The number of benzene rings is 3. The van der Waals surface area contributed by atoms with Gasteiger partial charge >= 0.3 is 0 Å². The number of carbonyl (C=O) groups excluding carboxylic acids is 2. The van der Waals surface area contributed by atoms with Gasteiger partial charge in [0, 0.05) is 28.5 Å². The molecule has 5 nitrogen and oxygen atoms in total. The standard InChI is InChI=1S/C29H30BrClN2O3/c30-23-11-6-10-22(16-23)19-33(28(34)20-36-26-15-7-12-24(31)18-26)27(17-21-8-2-1-3-9-21)29(35)32-25-13-4-5-14-25/h1-3,6-12,15-16,18,25,27H,4-5,13-14,17,19-20H2,(H,32,35)/t27-/m0/s1. The molecule has 188 valence electrons. The van der Waals surface area contributed by atoms with Crippen molar-refractivity contribution in [2.75, 3.05) is 6.61 Å². The van der Waals surface area contributed by atoms with Gasteiger partial charge in [-0.25, -0.2) is 0 Å². The van der Waals surface area contributed by atoms with Crippen LogP contribution in [0.2, 0.25) is 5.02 Å². The Kier molecular flexibility index (Phi) is 9.42. The van der Waals surface area contributed by atoms with E-state index in [1.807, 2.05) is 54.6 Å². The molecule has 0 aromatic heterocycles. The summed E-state index contributed by atoms with van der Waals surface area (Å²) in [6, 6.07) is 24.0. The number of ether oxygens (including phenoxy) is 1.